The monoisotopic (exact) mass is 319 g/mol. The van der Waals surface area contributed by atoms with E-state index >= 15 is 0 Å². The molecule has 1 aromatic carbocycles. The van der Waals surface area contributed by atoms with Crippen molar-refractivity contribution in [2.24, 2.45) is 7.05 Å². The molecule has 0 fully saturated rings. The lowest BCUT2D eigenvalue weighted by atomic mass is 10.2. The molecule has 0 bridgehead atoms. The molecule has 0 radical (unpaired) electrons. The van der Waals surface area contributed by atoms with Crippen LogP contribution in [0, 0.1) is 0 Å². The zero-order valence-corrected chi connectivity index (χ0v) is 11.6. The number of anilines is 1. The number of nitrogen functional groups attached to an aromatic ring is 1. The highest BCUT2D eigenvalue weighted by atomic mass is 79.9. The lowest BCUT2D eigenvalue weighted by molar-refractivity contribution is 0.432. The average molecular weight is 320 g/mol. The van der Waals surface area contributed by atoms with Gasteiger partial charge in [0.1, 0.15) is 0 Å². The van der Waals surface area contributed by atoms with Crippen molar-refractivity contribution < 1.29 is 4.52 Å². The highest BCUT2D eigenvalue weighted by Crippen LogP contribution is 2.30. The fourth-order valence-corrected chi connectivity index (χ4v) is 2.11. The lowest BCUT2D eigenvalue weighted by Crippen LogP contribution is -1.87. The predicted octanol–water partition coefficient (Wildman–Crippen LogP) is 2.48. The van der Waals surface area contributed by atoms with Crippen molar-refractivity contribution in [1.82, 2.24) is 19.9 Å². The fourth-order valence-electron chi connectivity index (χ4n) is 1.69. The summed E-state index contributed by atoms with van der Waals surface area (Å²) in [6, 6.07) is 5.43. The molecule has 0 spiro atoms. The molecule has 0 saturated heterocycles. The Hall–Kier alpha value is -2.15. The van der Waals surface area contributed by atoms with E-state index < -0.39 is 0 Å². The van der Waals surface area contributed by atoms with Gasteiger partial charge in [0.25, 0.3) is 5.89 Å². The number of halogens is 1. The Bertz CT molecular complexity index is 733. The van der Waals surface area contributed by atoms with E-state index in [0.29, 0.717) is 17.4 Å². The fraction of sp³-hybridized carbons (Fsp3) is 0.0833. The SMILES string of the molecule is Cn1cc(-c2noc(-c3cc(N)ccc3Br)n2)cn1. The normalized spacial score (nSPS) is 10.8. The summed E-state index contributed by atoms with van der Waals surface area (Å²) in [5.41, 5.74) is 7.97. The van der Waals surface area contributed by atoms with E-state index in [-0.39, 0.29) is 0 Å². The third-order valence-corrected chi connectivity index (χ3v) is 3.30. The molecule has 2 aromatic heterocycles. The Morgan fingerprint density at radius 3 is 2.95 bits per heavy atom. The molecular formula is C12H10BrN5O. The average Bonchev–Trinajstić information content (AvgIpc) is 3.00. The third-order valence-electron chi connectivity index (χ3n) is 2.61. The second-order valence-corrected chi connectivity index (χ2v) is 4.92. The molecule has 0 aliphatic heterocycles. The summed E-state index contributed by atoms with van der Waals surface area (Å²) in [6.07, 6.45) is 3.51. The van der Waals surface area contributed by atoms with Crippen molar-refractivity contribution >= 4 is 21.6 Å². The zero-order valence-electron chi connectivity index (χ0n) is 10.0. The molecular weight excluding hydrogens is 310 g/mol. The van der Waals surface area contributed by atoms with Crippen LogP contribution in [0.5, 0.6) is 0 Å². The topological polar surface area (TPSA) is 82.8 Å². The van der Waals surface area contributed by atoms with E-state index in [4.69, 9.17) is 10.3 Å². The van der Waals surface area contributed by atoms with Crippen LogP contribution in [-0.4, -0.2) is 19.9 Å². The molecule has 3 aromatic rings. The van der Waals surface area contributed by atoms with Crippen LogP contribution >= 0.6 is 15.9 Å². The first-order valence-corrected chi connectivity index (χ1v) is 6.31. The van der Waals surface area contributed by atoms with Gasteiger partial charge in [-0.15, -0.1) is 0 Å². The van der Waals surface area contributed by atoms with Crippen LogP contribution in [0.2, 0.25) is 0 Å². The molecule has 0 unspecified atom stereocenters. The first kappa shape index (κ1) is 11.9. The van der Waals surface area contributed by atoms with Crippen LogP contribution in [0.15, 0.2) is 39.6 Å². The maximum Gasteiger partial charge on any atom is 0.259 e. The van der Waals surface area contributed by atoms with Crippen molar-refractivity contribution in [2.75, 3.05) is 5.73 Å². The van der Waals surface area contributed by atoms with Crippen LogP contribution in [0.4, 0.5) is 5.69 Å². The number of nitrogens with two attached hydrogens (primary N) is 1. The van der Waals surface area contributed by atoms with Gasteiger partial charge in [-0.05, 0) is 34.1 Å². The van der Waals surface area contributed by atoms with E-state index in [1.165, 1.54) is 0 Å². The molecule has 6 nitrogen and oxygen atoms in total. The van der Waals surface area contributed by atoms with Gasteiger partial charge < -0.3 is 10.3 Å². The Kier molecular flexibility index (Phi) is 2.83. The van der Waals surface area contributed by atoms with E-state index in [9.17, 15) is 0 Å². The minimum atomic E-state index is 0.415. The van der Waals surface area contributed by atoms with Crippen LogP contribution in [-0.2, 0) is 7.05 Å². The lowest BCUT2D eigenvalue weighted by Gasteiger charge is -1.99. The van der Waals surface area contributed by atoms with E-state index in [1.807, 2.05) is 19.3 Å². The maximum atomic E-state index is 5.76. The Labute approximate surface area is 117 Å². The van der Waals surface area contributed by atoms with Crippen molar-refractivity contribution in [2.45, 2.75) is 0 Å². The van der Waals surface area contributed by atoms with Gasteiger partial charge in [-0.1, -0.05) is 5.16 Å². The van der Waals surface area contributed by atoms with Crippen molar-refractivity contribution in [1.29, 1.82) is 0 Å². The summed E-state index contributed by atoms with van der Waals surface area (Å²) in [6.45, 7) is 0. The summed E-state index contributed by atoms with van der Waals surface area (Å²) >= 11 is 3.44. The van der Waals surface area contributed by atoms with Gasteiger partial charge in [-0.25, -0.2) is 0 Å². The first-order valence-electron chi connectivity index (χ1n) is 5.51. The summed E-state index contributed by atoms with van der Waals surface area (Å²) < 4.78 is 7.80. The van der Waals surface area contributed by atoms with Gasteiger partial charge >= 0.3 is 0 Å². The molecule has 7 heteroatoms. The summed E-state index contributed by atoms with van der Waals surface area (Å²) in [5.74, 6) is 0.912. The maximum absolute atomic E-state index is 5.76. The van der Waals surface area contributed by atoms with Gasteiger partial charge in [-0.3, -0.25) is 4.68 Å². The highest BCUT2D eigenvalue weighted by molar-refractivity contribution is 9.10. The Balaban J connectivity index is 2.03. The smallest absolute Gasteiger partial charge is 0.259 e. The molecule has 0 aliphatic carbocycles. The van der Waals surface area contributed by atoms with E-state index in [0.717, 1.165) is 15.6 Å². The first-order chi connectivity index (χ1) is 9.13. The zero-order chi connectivity index (χ0) is 13.4. The van der Waals surface area contributed by atoms with Gasteiger partial charge in [-0.2, -0.15) is 10.1 Å². The quantitative estimate of drug-likeness (QED) is 0.734. The number of hydrogen-bond acceptors (Lipinski definition) is 5. The van der Waals surface area contributed by atoms with Crippen molar-refractivity contribution in [3.05, 3.63) is 35.1 Å². The van der Waals surface area contributed by atoms with Crippen LogP contribution in [0.25, 0.3) is 22.8 Å². The summed E-state index contributed by atoms with van der Waals surface area (Å²) in [4.78, 5) is 4.35. The number of aryl methyl sites for hydroxylation is 1. The number of aromatic nitrogens is 4. The number of rotatable bonds is 2. The number of hydrogen-bond donors (Lipinski definition) is 1. The second-order valence-electron chi connectivity index (χ2n) is 4.07. The summed E-state index contributed by atoms with van der Waals surface area (Å²) in [5, 5.41) is 8.02. The van der Waals surface area contributed by atoms with Gasteiger partial charge in [0.2, 0.25) is 5.82 Å². The van der Waals surface area contributed by atoms with Crippen LogP contribution in [0.3, 0.4) is 0 Å². The third kappa shape index (κ3) is 2.24. The minimum Gasteiger partial charge on any atom is -0.399 e. The minimum absolute atomic E-state index is 0.415. The van der Waals surface area contributed by atoms with E-state index in [2.05, 4.69) is 31.2 Å². The largest absolute Gasteiger partial charge is 0.399 e. The molecule has 0 aliphatic rings. The number of benzene rings is 1. The molecule has 2 heterocycles. The predicted molar refractivity (Wildman–Crippen MR) is 74.0 cm³/mol. The van der Waals surface area contributed by atoms with Crippen LogP contribution < -0.4 is 5.73 Å². The number of nitrogens with zero attached hydrogens (tertiary/aromatic N) is 4. The molecule has 2 N–H and O–H groups in total. The molecule has 3 rings (SSSR count). The van der Waals surface area contributed by atoms with Crippen LogP contribution in [0.1, 0.15) is 0 Å². The van der Waals surface area contributed by atoms with Gasteiger partial charge in [0.05, 0.1) is 17.3 Å². The highest BCUT2D eigenvalue weighted by Gasteiger charge is 2.14. The standard InChI is InChI=1S/C12H10BrN5O/c1-18-6-7(5-15-18)11-16-12(19-17-11)9-4-8(14)2-3-10(9)13/h2-6H,14H2,1H3. The second kappa shape index (κ2) is 4.51. The Morgan fingerprint density at radius 2 is 2.21 bits per heavy atom. The van der Waals surface area contributed by atoms with Gasteiger partial charge in [0, 0.05) is 23.4 Å². The van der Waals surface area contributed by atoms with Crippen molar-refractivity contribution in [3.63, 3.8) is 0 Å². The molecule has 0 atom stereocenters. The molecule has 0 amide bonds. The van der Waals surface area contributed by atoms with Gasteiger partial charge in [0.15, 0.2) is 0 Å². The molecule has 19 heavy (non-hydrogen) atoms. The molecule has 0 saturated carbocycles. The van der Waals surface area contributed by atoms with E-state index in [1.54, 1.807) is 23.0 Å². The Morgan fingerprint density at radius 1 is 1.37 bits per heavy atom. The molecule has 96 valence electrons. The summed E-state index contributed by atoms with van der Waals surface area (Å²) in [7, 11) is 1.83. The van der Waals surface area contributed by atoms with Crippen molar-refractivity contribution in [3.8, 4) is 22.8 Å².